The van der Waals surface area contributed by atoms with Crippen molar-refractivity contribution in [3.05, 3.63) is 51.4 Å². The van der Waals surface area contributed by atoms with Gasteiger partial charge in [0, 0.05) is 17.3 Å². The number of nitrogens with one attached hydrogen (secondary N) is 1. The quantitative estimate of drug-likeness (QED) is 0.858. The van der Waals surface area contributed by atoms with Crippen molar-refractivity contribution in [3.63, 3.8) is 0 Å². The molecule has 0 aliphatic carbocycles. The molecule has 1 N–H and O–H groups in total. The summed E-state index contributed by atoms with van der Waals surface area (Å²) < 4.78 is 0. The van der Waals surface area contributed by atoms with Gasteiger partial charge in [-0.05, 0) is 31.4 Å². The lowest BCUT2D eigenvalue weighted by molar-refractivity contribution is 0.985. The molecule has 0 saturated heterocycles. The molecule has 0 atom stereocenters. The van der Waals surface area contributed by atoms with Gasteiger partial charge in [0.2, 0.25) is 0 Å². The molecule has 0 saturated carbocycles. The second-order valence-corrected chi connectivity index (χ2v) is 4.19. The number of aryl methyl sites for hydroxylation is 2. The summed E-state index contributed by atoms with van der Waals surface area (Å²) in [5, 5.41) is 0. The van der Waals surface area contributed by atoms with Gasteiger partial charge in [-0.3, -0.25) is 4.79 Å². The number of hydrogen-bond donors (Lipinski definition) is 1. The summed E-state index contributed by atoms with van der Waals surface area (Å²) in [4.78, 5) is 18.8. The zero-order valence-electron chi connectivity index (χ0n) is 10.4. The lowest BCUT2D eigenvalue weighted by Gasteiger charge is -2.08. The summed E-state index contributed by atoms with van der Waals surface area (Å²) in [5.74, 6) is 0.663. The highest BCUT2D eigenvalue weighted by Crippen LogP contribution is 2.21. The van der Waals surface area contributed by atoms with Crippen molar-refractivity contribution in [2.75, 3.05) is 0 Å². The van der Waals surface area contributed by atoms with Crippen LogP contribution in [0.4, 0.5) is 0 Å². The van der Waals surface area contributed by atoms with Gasteiger partial charge in [-0.15, -0.1) is 0 Å². The van der Waals surface area contributed by atoms with Gasteiger partial charge in [0.15, 0.2) is 0 Å². The lowest BCUT2D eigenvalue weighted by atomic mass is 10.0. The smallest absolute Gasteiger partial charge is 0.251 e. The van der Waals surface area contributed by atoms with Crippen molar-refractivity contribution in [2.45, 2.75) is 27.2 Å². The van der Waals surface area contributed by atoms with Crippen molar-refractivity contribution in [3.8, 4) is 11.4 Å². The van der Waals surface area contributed by atoms with E-state index in [4.69, 9.17) is 0 Å². The minimum Gasteiger partial charge on any atom is -0.307 e. The molecular formula is C14H16N2O. The Morgan fingerprint density at radius 3 is 2.76 bits per heavy atom. The number of H-pyrrole nitrogens is 1. The van der Waals surface area contributed by atoms with E-state index in [1.807, 2.05) is 26.0 Å². The van der Waals surface area contributed by atoms with Crippen LogP contribution in [0.1, 0.15) is 23.7 Å². The molecule has 0 aliphatic rings. The molecule has 0 spiro atoms. The molecule has 3 nitrogen and oxygen atoms in total. The first-order valence-electron chi connectivity index (χ1n) is 5.78. The Hall–Kier alpha value is -1.90. The fourth-order valence-electron chi connectivity index (χ4n) is 1.82. The highest BCUT2D eigenvalue weighted by Gasteiger charge is 2.07. The fraction of sp³-hybridized carbons (Fsp3) is 0.286. The molecule has 0 bridgehead atoms. The molecule has 2 rings (SSSR count). The number of hydrogen-bond acceptors (Lipinski definition) is 2. The van der Waals surface area contributed by atoms with Gasteiger partial charge in [-0.2, -0.15) is 0 Å². The van der Waals surface area contributed by atoms with Crippen LogP contribution in [0.3, 0.4) is 0 Å². The minimum absolute atomic E-state index is 0.0900. The van der Waals surface area contributed by atoms with Crippen molar-refractivity contribution < 1.29 is 0 Å². The van der Waals surface area contributed by atoms with E-state index in [9.17, 15) is 4.79 Å². The Morgan fingerprint density at radius 2 is 2.06 bits per heavy atom. The number of benzene rings is 1. The third-order valence-corrected chi connectivity index (χ3v) is 3.02. The highest BCUT2D eigenvalue weighted by molar-refractivity contribution is 5.61. The number of nitrogens with zero attached hydrogens (tertiary/aromatic N) is 1. The van der Waals surface area contributed by atoms with E-state index in [2.05, 4.69) is 23.0 Å². The Balaban J connectivity index is 2.64. The molecule has 1 heterocycles. The van der Waals surface area contributed by atoms with Gasteiger partial charge in [-0.25, -0.2) is 4.98 Å². The first-order valence-corrected chi connectivity index (χ1v) is 5.78. The van der Waals surface area contributed by atoms with E-state index in [1.54, 1.807) is 6.07 Å². The zero-order chi connectivity index (χ0) is 12.4. The summed E-state index contributed by atoms with van der Waals surface area (Å²) in [6, 6.07) is 7.57. The Morgan fingerprint density at radius 1 is 1.29 bits per heavy atom. The monoisotopic (exact) mass is 228 g/mol. The van der Waals surface area contributed by atoms with Crippen LogP contribution in [0.5, 0.6) is 0 Å². The van der Waals surface area contributed by atoms with Gasteiger partial charge in [0.25, 0.3) is 5.56 Å². The van der Waals surface area contributed by atoms with Crippen molar-refractivity contribution >= 4 is 0 Å². The molecule has 0 amide bonds. The molecule has 0 unspecified atom stereocenters. The van der Waals surface area contributed by atoms with Crippen LogP contribution in [0.15, 0.2) is 29.1 Å². The second kappa shape index (κ2) is 4.53. The summed E-state index contributed by atoms with van der Waals surface area (Å²) in [7, 11) is 0. The standard InChI is InChI=1S/C14H16N2O/c1-4-11-8-13(17)16-14(15-11)12-7-5-6-9(2)10(12)3/h5-8H,4H2,1-3H3,(H,15,16,17). The second-order valence-electron chi connectivity index (χ2n) is 4.19. The van der Waals surface area contributed by atoms with E-state index in [-0.39, 0.29) is 5.56 Å². The van der Waals surface area contributed by atoms with Crippen LogP contribution < -0.4 is 5.56 Å². The van der Waals surface area contributed by atoms with Crippen LogP contribution in [0.2, 0.25) is 0 Å². The maximum Gasteiger partial charge on any atom is 0.251 e. The summed E-state index contributed by atoms with van der Waals surface area (Å²) in [6.07, 6.45) is 0.766. The average Bonchev–Trinajstić information content (AvgIpc) is 2.31. The molecule has 0 aliphatic heterocycles. The first kappa shape index (κ1) is 11.6. The molecule has 3 heteroatoms. The SMILES string of the molecule is CCc1cc(=O)[nH]c(-c2cccc(C)c2C)n1. The van der Waals surface area contributed by atoms with Crippen LogP contribution in [-0.4, -0.2) is 9.97 Å². The van der Waals surface area contributed by atoms with Gasteiger partial charge < -0.3 is 4.98 Å². The van der Waals surface area contributed by atoms with Crippen molar-refractivity contribution in [1.29, 1.82) is 0 Å². The summed E-state index contributed by atoms with van der Waals surface area (Å²) in [5.41, 5.74) is 4.09. The van der Waals surface area contributed by atoms with Crippen LogP contribution in [0.25, 0.3) is 11.4 Å². The molecule has 0 radical (unpaired) electrons. The van der Waals surface area contributed by atoms with E-state index < -0.39 is 0 Å². The lowest BCUT2D eigenvalue weighted by Crippen LogP contribution is -2.10. The van der Waals surface area contributed by atoms with Gasteiger partial charge in [0.05, 0.1) is 0 Å². The van der Waals surface area contributed by atoms with Crippen molar-refractivity contribution in [1.82, 2.24) is 9.97 Å². The Bertz CT molecular complexity index is 599. The van der Waals surface area contributed by atoms with E-state index in [0.717, 1.165) is 23.2 Å². The third-order valence-electron chi connectivity index (χ3n) is 3.02. The number of rotatable bonds is 2. The fourth-order valence-corrected chi connectivity index (χ4v) is 1.82. The van der Waals surface area contributed by atoms with Crippen molar-refractivity contribution in [2.24, 2.45) is 0 Å². The van der Waals surface area contributed by atoms with Gasteiger partial charge >= 0.3 is 0 Å². The summed E-state index contributed by atoms with van der Waals surface area (Å²) >= 11 is 0. The van der Waals surface area contributed by atoms with E-state index in [0.29, 0.717) is 5.82 Å². The molecular weight excluding hydrogens is 212 g/mol. The predicted octanol–water partition coefficient (Wildman–Crippen LogP) is 2.62. The molecule has 0 fully saturated rings. The highest BCUT2D eigenvalue weighted by atomic mass is 16.1. The molecule has 88 valence electrons. The molecule has 2 aromatic rings. The van der Waals surface area contributed by atoms with Gasteiger partial charge in [-0.1, -0.05) is 25.1 Å². The average molecular weight is 228 g/mol. The number of aromatic amines is 1. The largest absolute Gasteiger partial charge is 0.307 e. The molecule has 1 aromatic heterocycles. The molecule has 1 aromatic carbocycles. The third kappa shape index (κ3) is 2.28. The van der Waals surface area contributed by atoms with Crippen LogP contribution in [-0.2, 0) is 6.42 Å². The normalized spacial score (nSPS) is 10.5. The topological polar surface area (TPSA) is 45.8 Å². The Labute approximate surface area is 101 Å². The van der Waals surface area contributed by atoms with Crippen LogP contribution >= 0.6 is 0 Å². The molecule has 17 heavy (non-hydrogen) atoms. The number of aromatic nitrogens is 2. The Kier molecular flexibility index (Phi) is 3.09. The van der Waals surface area contributed by atoms with E-state index >= 15 is 0 Å². The maximum absolute atomic E-state index is 11.5. The van der Waals surface area contributed by atoms with Crippen LogP contribution in [0, 0.1) is 13.8 Å². The predicted molar refractivity (Wildman–Crippen MR) is 69.1 cm³/mol. The minimum atomic E-state index is -0.0900. The van der Waals surface area contributed by atoms with Gasteiger partial charge in [0.1, 0.15) is 5.82 Å². The zero-order valence-corrected chi connectivity index (χ0v) is 10.4. The summed E-state index contributed by atoms with van der Waals surface area (Å²) in [6.45, 7) is 6.10. The maximum atomic E-state index is 11.5. The van der Waals surface area contributed by atoms with E-state index in [1.165, 1.54) is 5.56 Å². The first-order chi connectivity index (χ1) is 8.11.